The zero-order chi connectivity index (χ0) is 17.3. The minimum atomic E-state index is -0.789. The molecule has 3 rings (SSSR count). The zero-order valence-electron chi connectivity index (χ0n) is 12.3. The second-order valence-electron chi connectivity index (χ2n) is 4.71. The van der Waals surface area contributed by atoms with Crippen LogP contribution < -0.4 is 5.73 Å². The fourth-order valence-electron chi connectivity index (χ4n) is 1.97. The highest BCUT2D eigenvalue weighted by atomic mass is 35.5. The van der Waals surface area contributed by atoms with Crippen molar-refractivity contribution in [2.75, 3.05) is 12.8 Å². The molecule has 0 saturated heterocycles. The molecule has 0 aliphatic carbocycles. The van der Waals surface area contributed by atoms with Crippen molar-refractivity contribution >= 4 is 29.1 Å². The van der Waals surface area contributed by atoms with E-state index < -0.39 is 12.3 Å². The number of carbonyl (C=O) groups is 1. The number of benzene rings is 1. The van der Waals surface area contributed by atoms with Crippen LogP contribution in [-0.2, 0) is 14.2 Å². The fourth-order valence-corrected chi connectivity index (χ4v) is 2.13. The Bertz CT molecular complexity index is 826. The number of methoxy groups -OCH3 is 1. The summed E-state index contributed by atoms with van der Waals surface area (Å²) in [5.74, 6) is -1.07. The number of nitrogens with zero attached hydrogens (tertiary/aromatic N) is 2. The van der Waals surface area contributed by atoms with Crippen LogP contribution in [0.25, 0.3) is 5.76 Å². The summed E-state index contributed by atoms with van der Waals surface area (Å²) >= 11 is 5.91. The third-order valence-electron chi connectivity index (χ3n) is 3.15. The lowest BCUT2D eigenvalue weighted by Gasteiger charge is -2.12. The first-order valence-corrected chi connectivity index (χ1v) is 7.07. The molecule has 9 heteroatoms. The molecule has 1 aromatic heterocycles. The Kier molecular flexibility index (Phi) is 4.22. The number of anilines is 1. The Morgan fingerprint density at radius 1 is 1.33 bits per heavy atom. The topological polar surface area (TPSA) is 96.6 Å². The maximum Gasteiger partial charge on any atom is 0.358 e. The third kappa shape index (κ3) is 2.95. The van der Waals surface area contributed by atoms with Gasteiger partial charge in [0.2, 0.25) is 11.6 Å². The third-order valence-corrected chi connectivity index (χ3v) is 3.52. The minimum Gasteiger partial charge on any atom is -0.464 e. The molecule has 7 nitrogen and oxygen atoms in total. The first-order chi connectivity index (χ1) is 11.5. The summed E-state index contributed by atoms with van der Waals surface area (Å²) in [6.45, 7) is 0. The molecular formula is C15H11ClFN3O4. The van der Waals surface area contributed by atoms with Crippen LogP contribution in [0.4, 0.5) is 10.2 Å². The van der Waals surface area contributed by atoms with E-state index in [0.29, 0.717) is 5.56 Å². The van der Waals surface area contributed by atoms with Crippen molar-refractivity contribution in [3.8, 4) is 0 Å². The highest BCUT2D eigenvalue weighted by molar-refractivity contribution is 6.35. The van der Waals surface area contributed by atoms with Gasteiger partial charge in [-0.3, -0.25) is 0 Å². The molecule has 0 amide bonds. The highest BCUT2D eigenvalue weighted by Gasteiger charge is 2.27. The normalized spacial score (nSPS) is 16.1. The number of hydrogen-bond donors (Lipinski definition) is 1. The van der Waals surface area contributed by atoms with Crippen molar-refractivity contribution in [2.45, 2.75) is 6.29 Å². The Labute approximate surface area is 140 Å². The van der Waals surface area contributed by atoms with Crippen LogP contribution in [0.2, 0.25) is 5.02 Å². The number of hydrogen-bond acceptors (Lipinski definition) is 7. The molecule has 1 aliphatic rings. The van der Waals surface area contributed by atoms with Crippen LogP contribution in [0.1, 0.15) is 28.2 Å². The number of ether oxygens (including phenoxy) is 3. The molecule has 1 aliphatic heterocycles. The van der Waals surface area contributed by atoms with Gasteiger partial charge in [0, 0.05) is 5.56 Å². The lowest BCUT2D eigenvalue weighted by atomic mass is 10.2. The molecule has 0 saturated carbocycles. The number of rotatable bonds is 3. The molecule has 2 N–H and O–H groups in total. The fraction of sp³-hybridized carbons (Fsp3) is 0.133. The number of carbonyl (C=O) groups excluding carboxylic acids is 1. The van der Waals surface area contributed by atoms with E-state index in [1.807, 2.05) is 0 Å². The quantitative estimate of drug-likeness (QED) is 0.849. The summed E-state index contributed by atoms with van der Waals surface area (Å²) in [7, 11) is 1.19. The van der Waals surface area contributed by atoms with Gasteiger partial charge in [-0.1, -0.05) is 11.6 Å². The molecule has 1 aromatic carbocycles. The van der Waals surface area contributed by atoms with Crippen LogP contribution in [-0.4, -0.2) is 23.0 Å². The molecule has 0 bridgehead atoms. The van der Waals surface area contributed by atoms with E-state index in [2.05, 4.69) is 14.7 Å². The molecular weight excluding hydrogens is 341 g/mol. The zero-order valence-corrected chi connectivity index (χ0v) is 13.1. The van der Waals surface area contributed by atoms with Crippen molar-refractivity contribution in [1.82, 2.24) is 9.97 Å². The van der Waals surface area contributed by atoms with Gasteiger partial charge in [-0.05, 0) is 24.3 Å². The van der Waals surface area contributed by atoms with Crippen molar-refractivity contribution in [1.29, 1.82) is 0 Å². The predicted octanol–water partition coefficient (Wildman–Crippen LogP) is 2.68. The first kappa shape index (κ1) is 16.0. The number of esters is 1. The van der Waals surface area contributed by atoms with Gasteiger partial charge in [0.25, 0.3) is 6.29 Å². The Morgan fingerprint density at radius 3 is 2.71 bits per heavy atom. The summed E-state index contributed by atoms with van der Waals surface area (Å²) in [5, 5.41) is -0.111. The summed E-state index contributed by atoms with van der Waals surface area (Å²) in [6, 6.07) is 5.61. The van der Waals surface area contributed by atoms with Crippen LogP contribution >= 0.6 is 11.6 Å². The summed E-state index contributed by atoms with van der Waals surface area (Å²) in [6.07, 6.45) is 0.486. The van der Waals surface area contributed by atoms with Gasteiger partial charge in [0.1, 0.15) is 22.9 Å². The molecule has 0 fully saturated rings. The van der Waals surface area contributed by atoms with E-state index in [4.69, 9.17) is 26.8 Å². The summed E-state index contributed by atoms with van der Waals surface area (Å²) < 4.78 is 28.5. The van der Waals surface area contributed by atoms with Crippen molar-refractivity contribution < 1.29 is 23.4 Å². The standard InChI is InChI=1S/C15H11ClFN3O4/c1-22-14(21)11-10(16)12(18)20-13(19-11)9-6-23-15(24-9)7-2-4-8(17)5-3-7/h2-6,15H,1H3,(H2,18,19,20). The van der Waals surface area contributed by atoms with E-state index in [0.717, 1.165) is 0 Å². The Hall–Kier alpha value is -2.87. The summed E-state index contributed by atoms with van der Waals surface area (Å²) in [4.78, 5) is 19.7. The number of nitrogens with two attached hydrogens (primary N) is 1. The van der Waals surface area contributed by atoms with Crippen LogP contribution in [0.15, 0.2) is 30.5 Å². The molecule has 0 spiro atoms. The van der Waals surface area contributed by atoms with Crippen molar-refractivity contribution in [3.63, 3.8) is 0 Å². The molecule has 24 heavy (non-hydrogen) atoms. The lowest BCUT2D eigenvalue weighted by molar-refractivity contribution is -0.0175. The molecule has 2 aromatic rings. The predicted molar refractivity (Wildman–Crippen MR) is 82.1 cm³/mol. The van der Waals surface area contributed by atoms with Crippen LogP contribution in [0.5, 0.6) is 0 Å². The van der Waals surface area contributed by atoms with Crippen LogP contribution in [0, 0.1) is 5.82 Å². The smallest absolute Gasteiger partial charge is 0.358 e. The maximum atomic E-state index is 13.0. The molecule has 2 heterocycles. The largest absolute Gasteiger partial charge is 0.464 e. The molecule has 0 radical (unpaired) electrons. The average molecular weight is 352 g/mol. The van der Waals surface area contributed by atoms with E-state index in [1.165, 1.54) is 37.6 Å². The monoisotopic (exact) mass is 351 g/mol. The van der Waals surface area contributed by atoms with Gasteiger partial charge in [0.15, 0.2) is 5.69 Å². The van der Waals surface area contributed by atoms with Crippen molar-refractivity contribution in [3.05, 3.63) is 58.4 Å². The SMILES string of the molecule is COC(=O)c1nc(C2=COC(c3ccc(F)cc3)O2)nc(N)c1Cl. The van der Waals surface area contributed by atoms with E-state index in [1.54, 1.807) is 0 Å². The van der Waals surface area contributed by atoms with Gasteiger partial charge >= 0.3 is 5.97 Å². The lowest BCUT2D eigenvalue weighted by Crippen LogP contribution is -2.11. The maximum absolute atomic E-state index is 13.0. The average Bonchev–Trinajstić information content (AvgIpc) is 3.07. The van der Waals surface area contributed by atoms with E-state index in [-0.39, 0.29) is 33.9 Å². The first-order valence-electron chi connectivity index (χ1n) is 6.69. The number of nitrogen functional groups attached to an aromatic ring is 1. The van der Waals surface area contributed by atoms with Gasteiger partial charge in [-0.2, -0.15) is 0 Å². The summed E-state index contributed by atoms with van der Waals surface area (Å²) in [5.41, 5.74) is 6.10. The van der Waals surface area contributed by atoms with Crippen molar-refractivity contribution in [2.24, 2.45) is 0 Å². The van der Waals surface area contributed by atoms with Gasteiger partial charge in [0.05, 0.1) is 7.11 Å². The molecule has 124 valence electrons. The van der Waals surface area contributed by atoms with Gasteiger partial charge < -0.3 is 19.9 Å². The molecule has 1 unspecified atom stereocenters. The highest BCUT2D eigenvalue weighted by Crippen LogP contribution is 2.33. The second-order valence-corrected chi connectivity index (χ2v) is 5.08. The Balaban J connectivity index is 1.87. The Morgan fingerprint density at radius 2 is 2.04 bits per heavy atom. The van der Waals surface area contributed by atoms with E-state index in [9.17, 15) is 9.18 Å². The van der Waals surface area contributed by atoms with Gasteiger partial charge in [-0.15, -0.1) is 0 Å². The van der Waals surface area contributed by atoms with E-state index >= 15 is 0 Å². The number of aromatic nitrogens is 2. The second kappa shape index (κ2) is 6.32. The minimum absolute atomic E-state index is 0.0157. The van der Waals surface area contributed by atoms with Crippen LogP contribution in [0.3, 0.4) is 0 Å². The van der Waals surface area contributed by atoms with Gasteiger partial charge in [-0.25, -0.2) is 19.2 Å². The number of halogens is 2. The molecule has 1 atom stereocenters.